The molecule has 0 bridgehead atoms. The third kappa shape index (κ3) is 5.46. The molecule has 1 fully saturated rings. The molecule has 1 aliphatic heterocycles. The topological polar surface area (TPSA) is 85.7 Å². The van der Waals surface area contributed by atoms with Crippen molar-refractivity contribution >= 4 is 22.8 Å². The number of nitrogens with one attached hydrogen (secondary N) is 1. The number of likely N-dealkylation sites (tertiary alicyclic amines) is 1. The molecule has 3 aromatic rings. The van der Waals surface area contributed by atoms with Gasteiger partial charge < -0.3 is 19.7 Å². The maximum atomic E-state index is 12.9. The fourth-order valence-corrected chi connectivity index (χ4v) is 4.19. The van der Waals surface area contributed by atoms with Gasteiger partial charge in [0, 0.05) is 18.0 Å². The summed E-state index contributed by atoms with van der Waals surface area (Å²) in [4.78, 5) is 27.8. The van der Waals surface area contributed by atoms with Crippen molar-refractivity contribution in [3.63, 3.8) is 0 Å². The molecule has 2 aromatic carbocycles. The summed E-state index contributed by atoms with van der Waals surface area (Å²) >= 11 is 0. The second-order valence-corrected chi connectivity index (χ2v) is 8.23. The molecule has 1 amide bonds. The number of ether oxygens (including phenoxy) is 2. The lowest BCUT2D eigenvalue weighted by molar-refractivity contribution is -0.116. The number of hydrogen-bond donors (Lipinski definition) is 1. The molecule has 1 aromatic heterocycles. The van der Waals surface area contributed by atoms with Crippen LogP contribution in [0.15, 0.2) is 53.3 Å². The summed E-state index contributed by atoms with van der Waals surface area (Å²) in [5.41, 5.74) is 1.38. The fourth-order valence-electron chi connectivity index (χ4n) is 4.19. The third-order valence-corrected chi connectivity index (χ3v) is 6.04. The van der Waals surface area contributed by atoms with Crippen LogP contribution in [-0.4, -0.2) is 54.4 Å². The molecule has 1 saturated heterocycles. The summed E-state index contributed by atoms with van der Waals surface area (Å²) in [6.45, 7) is 3.68. The van der Waals surface area contributed by atoms with Gasteiger partial charge in [0.25, 0.3) is 5.56 Å². The molecule has 0 atom stereocenters. The zero-order chi connectivity index (χ0) is 23.9. The molecule has 178 valence electrons. The van der Waals surface area contributed by atoms with Crippen molar-refractivity contribution in [2.75, 3.05) is 33.9 Å². The summed E-state index contributed by atoms with van der Waals surface area (Å²) < 4.78 is 12.1. The lowest BCUT2D eigenvalue weighted by Crippen LogP contribution is -2.32. The highest BCUT2D eigenvalue weighted by Gasteiger charge is 2.14. The van der Waals surface area contributed by atoms with Gasteiger partial charge in [-0.1, -0.05) is 24.3 Å². The molecule has 0 radical (unpaired) electrons. The number of fused-ring (bicyclic) bond motifs is 1. The summed E-state index contributed by atoms with van der Waals surface area (Å²) in [7, 11) is 3.15. The highest BCUT2D eigenvalue weighted by atomic mass is 16.5. The SMILES string of the molecule is COc1ccc(/C=C/C(=O)NCc2nn(CCN3CCCC3)c(=O)c3ccccc23)cc1OC. The maximum Gasteiger partial charge on any atom is 0.274 e. The summed E-state index contributed by atoms with van der Waals surface area (Å²) in [6.07, 6.45) is 5.58. The first-order chi connectivity index (χ1) is 16.6. The van der Waals surface area contributed by atoms with E-state index in [1.165, 1.54) is 23.6 Å². The molecular formula is C26H30N4O4. The zero-order valence-electron chi connectivity index (χ0n) is 19.6. The molecule has 1 aliphatic rings. The normalized spacial score (nSPS) is 14.1. The molecule has 0 saturated carbocycles. The van der Waals surface area contributed by atoms with Crippen molar-refractivity contribution in [1.82, 2.24) is 20.0 Å². The first-order valence-electron chi connectivity index (χ1n) is 11.5. The molecule has 4 rings (SSSR count). The van der Waals surface area contributed by atoms with E-state index in [1.54, 1.807) is 32.4 Å². The number of methoxy groups -OCH3 is 2. The smallest absolute Gasteiger partial charge is 0.274 e. The fraction of sp³-hybridized carbons (Fsp3) is 0.346. The number of hydrogen-bond acceptors (Lipinski definition) is 6. The van der Waals surface area contributed by atoms with Crippen molar-refractivity contribution in [2.24, 2.45) is 0 Å². The van der Waals surface area contributed by atoms with Gasteiger partial charge in [0.1, 0.15) is 0 Å². The predicted octanol–water partition coefficient (Wildman–Crippen LogP) is 2.84. The van der Waals surface area contributed by atoms with Gasteiger partial charge in [0.15, 0.2) is 11.5 Å². The Kier molecular flexibility index (Phi) is 7.59. The van der Waals surface area contributed by atoms with Gasteiger partial charge in [-0.3, -0.25) is 9.59 Å². The zero-order valence-corrected chi connectivity index (χ0v) is 19.6. The highest BCUT2D eigenvalue weighted by molar-refractivity contribution is 5.92. The Hall–Kier alpha value is -3.65. The van der Waals surface area contributed by atoms with E-state index in [4.69, 9.17) is 9.47 Å². The summed E-state index contributed by atoms with van der Waals surface area (Å²) in [6, 6.07) is 12.8. The number of nitrogens with zero attached hydrogens (tertiary/aromatic N) is 3. The number of carbonyl (C=O) groups excluding carboxylic acids is 1. The van der Waals surface area contributed by atoms with Crippen LogP contribution >= 0.6 is 0 Å². The van der Waals surface area contributed by atoms with Crippen LogP contribution in [0.3, 0.4) is 0 Å². The van der Waals surface area contributed by atoms with Crippen molar-refractivity contribution < 1.29 is 14.3 Å². The van der Waals surface area contributed by atoms with Crippen molar-refractivity contribution in [3.05, 3.63) is 70.2 Å². The van der Waals surface area contributed by atoms with Crippen LogP contribution in [0.2, 0.25) is 0 Å². The van der Waals surface area contributed by atoms with Crippen LogP contribution in [0.4, 0.5) is 0 Å². The molecule has 0 aliphatic carbocycles. The van der Waals surface area contributed by atoms with E-state index in [-0.39, 0.29) is 18.0 Å². The third-order valence-electron chi connectivity index (χ3n) is 6.04. The van der Waals surface area contributed by atoms with E-state index in [0.717, 1.165) is 30.6 Å². The van der Waals surface area contributed by atoms with Gasteiger partial charge in [-0.05, 0) is 55.8 Å². The van der Waals surface area contributed by atoms with E-state index in [9.17, 15) is 9.59 Å². The first-order valence-corrected chi connectivity index (χ1v) is 11.5. The van der Waals surface area contributed by atoms with Gasteiger partial charge in [-0.2, -0.15) is 5.10 Å². The minimum Gasteiger partial charge on any atom is -0.493 e. The average Bonchev–Trinajstić information content (AvgIpc) is 3.40. The Morgan fingerprint density at radius 1 is 1.03 bits per heavy atom. The van der Waals surface area contributed by atoms with Gasteiger partial charge in [-0.25, -0.2) is 4.68 Å². The number of amides is 1. The van der Waals surface area contributed by atoms with Crippen LogP contribution < -0.4 is 20.3 Å². The van der Waals surface area contributed by atoms with E-state index >= 15 is 0 Å². The second kappa shape index (κ2) is 11.0. The van der Waals surface area contributed by atoms with E-state index in [1.807, 2.05) is 30.3 Å². The Balaban J connectivity index is 1.47. The van der Waals surface area contributed by atoms with Crippen molar-refractivity contribution in [2.45, 2.75) is 25.9 Å². The molecule has 0 spiro atoms. The lowest BCUT2D eigenvalue weighted by atomic mass is 10.1. The molecule has 0 unspecified atom stereocenters. The van der Waals surface area contributed by atoms with E-state index in [0.29, 0.717) is 29.1 Å². The van der Waals surface area contributed by atoms with Crippen LogP contribution in [0.5, 0.6) is 11.5 Å². The summed E-state index contributed by atoms with van der Waals surface area (Å²) in [5.74, 6) is 0.967. The number of aromatic nitrogens is 2. The van der Waals surface area contributed by atoms with Crippen LogP contribution in [0, 0.1) is 0 Å². The number of rotatable bonds is 9. The Bertz CT molecular complexity index is 1250. The maximum absolute atomic E-state index is 12.9. The number of benzene rings is 2. The Labute approximate surface area is 198 Å². The van der Waals surface area contributed by atoms with Gasteiger partial charge in [0.05, 0.1) is 38.4 Å². The van der Waals surface area contributed by atoms with E-state index in [2.05, 4.69) is 15.3 Å². The van der Waals surface area contributed by atoms with Crippen LogP contribution in [0.25, 0.3) is 16.8 Å². The van der Waals surface area contributed by atoms with Crippen molar-refractivity contribution in [3.8, 4) is 11.5 Å². The highest BCUT2D eigenvalue weighted by Crippen LogP contribution is 2.27. The molecule has 8 nitrogen and oxygen atoms in total. The monoisotopic (exact) mass is 462 g/mol. The largest absolute Gasteiger partial charge is 0.493 e. The van der Waals surface area contributed by atoms with E-state index < -0.39 is 0 Å². The minimum absolute atomic E-state index is 0.0989. The lowest BCUT2D eigenvalue weighted by Gasteiger charge is -2.16. The van der Waals surface area contributed by atoms with Gasteiger partial charge >= 0.3 is 0 Å². The van der Waals surface area contributed by atoms with Crippen LogP contribution in [-0.2, 0) is 17.9 Å². The Morgan fingerprint density at radius 3 is 2.50 bits per heavy atom. The second-order valence-electron chi connectivity index (χ2n) is 8.23. The van der Waals surface area contributed by atoms with Gasteiger partial charge in [0.2, 0.25) is 5.91 Å². The predicted molar refractivity (Wildman–Crippen MR) is 132 cm³/mol. The minimum atomic E-state index is -0.254. The molecule has 34 heavy (non-hydrogen) atoms. The molecule has 8 heteroatoms. The van der Waals surface area contributed by atoms with Crippen LogP contribution in [0.1, 0.15) is 24.1 Å². The average molecular weight is 463 g/mol. The molecule has 1 N–H and O–H groups in total. The first kappa shape index (κ1) is 23.5. The quantitative estimate of drug-likeness (QED) is 0.492. The summed E-state index contributed by atoms with van der Waals surface area (Å²) in [5, 5.41) is 8.86. The standard InChI is InChI=1S/C26H30N4O4/c1-33-23-11-9-19(17-24(23)34-2)10-12-25(31)27-18-22-20-7-3-4-8-21(20)26(32)30(28-22)16-15-29-13-5-6-14-29/h3-4,7-12,17H,5-6,13-16,18H2,1-2H3,(H,27,31)/b12-10+. The molecule has 2 heterocycles. The number of carbonyl (C=O) groups is 1. The van der Waals surface area contributed by atoms with Crippen molar-refractivity contribution in [1.29, 1.82) is 0 Å². The Morgan fingerprint density at radius 2 is 1.76 bits per heavy atom. The molecular weight excluding hydrogens is 432 g/mol. The van der Waals surface area contributed by atoms with Gasteiger partial charge in [-0.15, -0.1) is 0 Å².